The molecule has 5 nitrogen and oxygen atoms in total. The van der Waals surface area contributed by atoms with Gasteiger partial charge in [-0.05, 0) is 19.1 Å². The quantitative estimate of drug-likeness (QED) is 0.590. The van der Waals surface area contributed by atoms with Gasteiger partial charge in [-0.15, -0.1) is 0 Å². The first-order valence-corrected chi connectivity index (χ1v) is 5.35. The van der Waals surface area contributed by atoms with Crippen LogP contribution in [0.1, 0.15) is 12.7 Å². The van der Waals surface area contributed by atoms with Gasteiger partial charge in [-0.2, -0.15) is 0 Å². The third kappa shape index (κ3) is 5.87. The largest absolute Gasteiger partial charge is 0.467 e. The summed E-state index contributed by atoms with van der Waals surface area (Å²) in [5, 5.41) is 21.4. The van der Waals surface area contributed by atoms with Gasteiger partial charge in [0.15, 0.2) is 0 Å². The van der Waals surface area contributed by atoms with Gasteiger partial charge in [-0.1, -0.05) is 0 Å². The highest BCUT2D eigenvalue weighted by atomic mass is 16.5. The Labute approximate surface area is 95.0 Å². The lowest BCUT2D eigenvalue weighted by atomic mass is 10.3. The van der Waals surface area contributed by atoms with Crippen LogP contribution < -0.4 is 5.32 Å². The zero-order chi connectivity index (χ0) is 11.8. The molecule has 16 heavy (non-hydrogen) atoms. The molecule has 1 aromatic heterocycles. The fourth-order valence-corrected chi connectivity index (χ4v) is 1.21. The van der Waals surface area contributed by atoms with Crippen LogP contribution in [0.5, 0.6) is 0 Å². The summed E-state index contributed by atoms with van der Waals surface area (Å²) in [4.78, 5) is 0. The van der Waals surface area contributed by atoms with Gasteiger partial charge in [0, 0.05) is 13.1 Å². The van der Waals surface area contributed by atoms with Crippen molar-refractivity contribution in [2.45, 2.75) is 25.7 Å². The molecule has 92 valence electrons. The minimum absolute atomic E-state index is 0.244. The molecule has 0 aliphatic heterocycles. The van der Waals surface area contributed by atoms with Gasteiger partial charge in [0.2, 0.25) is 0 Å². The molecule has 0 bridgehead atoms. The maximum Gasteiger partial charge on any atom is 0.129 e. The number of aliphatic hydroxyl groups excluding tert-OH is 2. The van der Waals surface area contributed by atoms with Crippen LogP contribution in [0.15, 0.2) is 22.8 Å². The first-order chi connectivity index (χ1) is 7.68. The lowest BCUT2D eigenvalue weighted by Gasteiger charge is -2.12. The van der Waals surface area contributed by atoms with Crippen molar-refractivity contribution in [3.8, 4) is 0 Å². The Morgan fingerprint density at radius 1 is 1.44 bits per heavy atom. The molecule has 0 aliphatic rings. The maximum atomic E-state index is 9.49. The van der Waals surface area contributed by atoms with E-state index in [1.54, 1.807) is 19.3 Å². The molecule has 1 rings (SSSR count). The van der Waals surface area contributed by atoms with E-state index in [1.165, 1.54) is 0 Å². The molecular weight excluding hydrogens is 210 g/mol. The predicted molar refractivity (Wildman–Crippen MR) is 58.9 cm³/mol. The minimum atomic E-state index is -0.575. The number of furan rings is 1. The van der Waals surface area contributed by atoms with Gasteiger partial charge < -0.3 is 24.7 Å². The molecule has 0 aliphatic carbocycles. The molecular formula is C11H19NO4. The summed E-state index contributed by atoms with van der Waals surface area (Å²) < 4.78 is 10.3. The first-order valence-electron chi connectivity index (χ1n) is 5.35. The van der Waals surface area contributed by atoms with Crippen molar-refractivity contribution < 1.29 is 19.4 Å². The second kappa shape index (κ2) is 7.40. The molecule has 1 heterocycles. The fraction of sp³-hybridized carbons (Fsp3) is 0.636. The molecule has 1 aromatic rings. The van der Waals surface area contributed by atoms with Crippen molar-refractivity contribution in [1.29, 1.82) is 0 Å². The zero-order valence-electron chi connectivity index (χ0n) is 9.43. The topological polar surface area (TPSA) is 74.9 Å². The van der Waals surface area contributed by atoms with Gasteiger partial charge in [-0.3, -0.25) is 0 Å². The summed E-state index contributed by atoms with van der Waals surface area (Å²) >= 11 is 0. The van der Waals surface area contributed by atoms with E-state index in [4.69, 9.17) is 14.3 Å². The fourth-order valence-electron chi connectivity index (χ4n) is 1.21. The summed E-state index contributed by atoms with van der Waals surface area (Å²) in [6.45, 7) is 3.17. The van der Waals surface area contributed by atoms with Gasteiger partial charge >= 0.3 is 0 Å². The highest BCUT2D eigenvalue weighted by Crippen LogP contribution is 2.01. The third-order valence-corrected chi connectivity index (χ3v) is 1.95. The molecule has 0 saturated carbocycles. The number of rotatable bonds is 8. The molecule has 0 spiro atoms. The molecule has 3 N–H and O–H groups in total. The van der Waals surface area contributed by atoms with Gasteiger partial charge in [0.05, 0.1) is 25.1 Å². The van der Waals surface area contributed by atoms with Crippen LogP contribution in [0.25, 0.3) is 0 Å². The molecule has 0 fully saturated rings. The first kappa shape index (κ1) is 13.2. The molecule has 0 radical (unpaired) electrons. The maximum absolute atomic E-state index is 9.49. The minimum Gasteiger partial charge on any atom is -0.467 e. The van der Waals surface area contributed by atoms with Crippen molar-refractivity contribution in [3.05, 3.63) is 24.2 Å². The lowest BCUT2D eigenvalue weighted by Crippen LogP contribution is -2.34. The molecule has 2 unspecified atom stereocenters. The smallest absolute Gasteiger partial charge is 0.129 e. The van der Waals surface area contributed by atoms with Crippen LogP contribution in [-0.4, -0.2) is 42.1 Å². The summed E-state index contributed by atoms with van der Waals surface area (Å²) in [5.74, 6) is 0.740. The Bertz CT molecular complexity index is 261. The van der Waals surface area contributed by atoms with Gasteiger partial charge in [0.1, 0.15) is 12.4 Å². The molecule has 2 atom stereocenters. The van der Waals surface area contributed by atoms with Crippen molar-refractivity contribution in [3.63, 3.8) is 0 Å². The van der Waals surface area contributed by atoms with E-state index >= 15 is 0 Å². The van der Waals surface area contributed by atoms with E-state index in [0.29, 0.717) is 19.7 Å². The van der Waals surface area contributed by atoms with E-state index in [2.05, 4.69) is 5.32 Å². The van der Waals surface area contributed by atoms with Crippen molar-refractivity contribution >= 4 is 0 Å². The van der Waals surface area contributed by atoms with Crippen molar-refractivity contribution in [1.82, 2.24) is 5.32 Å². The highest BCUT2D eigenvalue weighted by molar-refractivity contribution is 4.96. The zero-order valence-corrected chi connectivity index (χ0v) is 9.43. The Hall–Kier alpha value is -0.880. The highest BCUT2D eigenvalue weighted by Gasteiger charge is 2.05. The molecule has 0 aromatic carbocycles. The molecule has 5 heteroatoms. The lowest BCUT2D eigenvalue weighted by molar-refractivity contribution is 0.0216. The number of aliphatic hydroxyl groups is 2. The average Bonchev–Trinajstić information content (AvgIpc) is 2.70. The average molecular weight is 229 g/mol. The van der Waals surface area contributed by atoms with E-state index < -0.39 is 12.2 Å². The predicted octanol–water partition coefficient (Wildman–Crippen LogP) is 0.127. The Morgan fingerprint density at radius 2 is 2.25 bits per heavy atom. The molecule has 0 saturated heterocycles. The number of hydrogen-bond donors (Lipinski definition) is 3. The third-order valence-electron chi connectivity index (χ3n) is 1.95. The van der Waals surface area contributed by atoms with Crippen LogP contribution in [0.2, 0.25) is 0 Å². The van der Waals surface area contributed by atoms with E-state index in [9.17, 15) is 5.11 Å². The second-order valence-electron chi connectivity index (χ2n) is 3.76. The Balaban J connectivity index is 2.00. The van der Waals surface area contributed by atoms with Crippen molar-refractivity contribution in [2.24, 2.45) is 0 Å². The monoisotopic (exact) mass is 229 g/mol. The summed E-state index contributed by atoms with van der Waals surface area (Å²) in [6.07, 6.45) is 0.601. The Kier molecular flexibility index (Phi) is 6.10. The van der Waals surface area contributed by atoms with E-state index in [0.717, 1.165) is 5.76 Å². The van der Waals surface area contributed by atoms with Crippen LogP contribution >= 0.6 is 0 Å². The molecule has 0 amide bonds. The standard InChI is InChI=1S/C11H19NO4/c1-9(13)5-12-6-10(14)7-15-8-11-3-2-4-16-11/h2-4,9-10,12-14H,5-8H2,1H3. The summed E-state index contributed by atoms with van der Waals surface area (Å²) in [7, 11) is 0. The number of ether oxygens (including phenoxy) is 1. The van der Waals surface area contributed by atoms with E-state index in [1.807, 2.05) is 6.07 Å². The van der Waals surface area contributed by atoms with Gasteiger partial charge in [0.25, 0.3) is 0 Å². The normalized spacial score (nSPS) is 14.9. The number of hydrogen-bond acceptors (Lipinski definition) is 5. The Morgan fingerprint density at radius 3 is 2.88 bits per heavy atom. The van der Waals surface area contributed by atoms with E-state index in [-0.39, 0.29) is 6.61 Å². The summed E-state index contributed by atoms with van der Waals surface area (Å²) in [5.41, 5.74) is 0. The summed E-state index contributed by atoms with van der Waals surface area (Å²) in [6, 6.07) is 3.61. The van der Waals surface area contributed by atoms with Crippen LogP contribution in [-0.2, 0) is 11.3 Å². The van der Waals surface area contributed by atoms with Crippen molar-refractivity contribution in [2.75, 3.05) is 19.7 Å². The number of nitrogens with one attached hydrogen (secondary N) is 1. The van der Waals surface area contributed by atoms with Crippen LogP contribution in [0.4, 0.5) is 0 Å². The SMILES string of the molecule is CC(O)CNCC(O)COCc1ccco1. The van der Waals surface area contributed by atoms with Gasteiger partial charge in [-0.25, -0.2) is 0 Å². The van der Waals surface area contributed by atoms with Crippen LogP contribution in [0.3, 0.4) is 0 Å². The second-order valence-corrected chi connectivity index (χ2v) is 3.76. The van der Waals surface area contributed by atoms with Crippen LogP contribution in [0, 0.1) is 0 Å².